The molecule has 1 atom stereocenters. The first-order valence-corrected chi connectivity index (χ1v) is 10.1. The molecule has 0 bridgehead atoms. The number of imidazole rings is 1. The van der Waals surface area contributed by atoms with E-state index in [4.69, 9.17) is 5.73 Å². The number of nitrogens with zero attached hydrogens (tertiary/aromatic N) is 5. The molecule has 1 saturated heterocycles. The van der Waals surface area contributed by atoms with Gasteiger partial charge in [0, 0.05) is 31.9 Å². The van der Waals surface area contributed by atoms with Gasteiger partial charge in [-0.2, -0.15) is 4.98 Å². The summed E-state index contributed by atoms with van der Waals surface area (Å²) in [7, 11) is 1.62. The number of nitrogens with two attached hydrogens (primary N) is 1. The van der Waals surface area contributed by atoms with E-state index in [1.54, 1.807) is 7.05 Å². The quantitative estimate of drug-likeness (QED) is 0.575. The second-order valence-electron chi connectivity index (χ2n) is 7.89. The van der Waals surface area contributed by atoms with E-state index in [0.29, 0.717) is 36.0 Å². The van der Waals surface area contributed by atoms with Crippen LogP contribution in [0.3, 0.4) is 0 Å². The first-order valence-electron chi connectivity index (χ1n) is 10.1. The summed E-state index contributed by atoms with van der Waals surface area (Å²) >= 11 is 0. The summed E-state index contributed by atoms with van der Waals surface area (Å²) in [6, 6.07) is 7.92. The fraction of sp³-hybridized carbons (Fsp3) is 0.400. The van der Waals surface area contributed by atoms with E-state index in [0.717, 1.165) is 30.6 Å². The number of aromatic amines is 1. The lowest BCUT2D eigenvalue weighted by molar-refractivity contribution is 0.501. The average molecular weight is 408 g/mol. The molecular weight excluding hydrogens is 384 g/mol. The molecule has 0 aliphatic carbocycles. The topological polar surface area (TPSA) is 126 Å². The Morgan fingerprint density at radius 2 is 2.10 bits per heavy atom. The van der Waals surface area contributed by atoms with Crippen LogP contribution in [0.5, 0.6) is 0 Å². The number of benzene rings is 1. The monoisotopic (exact) mass is 408 g/mol. The molecule has 156 valence electrons. The van der Waals surface area contributed by atoms with Crippen LogP contribution >= 0.6 is 0 Å². The molecule has 1 fully saturated rings. The zero-order valence-corrected chi connectivity index (χ0v) is 16.8. The van der Waals surface area contributed by atoms with E-state index in [1.165, 1.54) is 9.13 Å². The molecule has 5 rings (SSSR count). The highest BCUT2D eigenvalue weighted by Crippen LogP contribution is 2.20. The average Bonchev–Trinajstić information content (AvgIpc) is 3.21. The summed E-state index contributed by atoms with van der Waals surface area (Å²) in [5, 5.41) is 3.22. The van der Waals surface area contributed by atoms with Gasteiger partial charge in [-0.3, -0.25) is 18.9 Å². The molecule has 2 aliphatic rings. The predicted molar refractivity (Wildman–Crippen MR) is 116 cm³/mol. The van der Waals surface area contributed by atoms with E-state index < -0.39 is 11.2 Å². The van der Waals surface area contributed by atoms with Crippen molar-refractivity contribution < 1.29 is 0 Å². The number of hydrogen-bond donors (Lipinski definition) is 3. The first-order chi connectivity index (χ1) is 14.5. The minimum absolute atomic E-state index is 0.0682. The molecule has 10 nitrogen and oxygen atoms in total. The van der Waals surface area contributed by atoms with Crippen LogP contribution in [0.15, 0.2) is 38.8 Å². The molecule has 0 amide bonds. The van der Waals surface area contributed by atoms with Gasteiger partial charge >= 0.3 is 5.69 Å². The lowest BCUT2D eigenvalue weighted by Gasteiger charge is -2.30. The Kier molecular flexibility index (Phi) is 4.43. The van der Waals surface area contributed by atoms with Crippen molar-refractivity contribution in [2.75, 3.05) is 23.3 Å². The number of H-pyrrole nitrogens is 1. The van der Waals surface area contributed by atoms with E-state index in [9.17, 15) is 9.59 Å². The van der Waals surface area contributed by atoms with E-state index in [1.807, 2.05) is 29.2 Å². The lowest BCUT2D eigenvalue weighted by atomic mass is 10.1. The van der Waals surface area contributed by atoms with Crippen LogP contribution in [-0.4, -0.2) is 44.1 Å². The van der Waals surface area contributed by atoms with Crippen molar-refractivity contribution in [1.82, 2.24) is 19.1 Å². The minimum Gasteiger partial charge on any atom is -0.342 e. The Hall–Kier alpha value is -3.40. The number of aliphatic imine (C=N–C) groups is 1. The molecule has 4 N–H and O–H groups in total. The Morgan fingerprint density at radius 3 is 2.93 bits per heavy atom. The summed E-state index contributed by atoms with van der Waals surface area (Å²) < 4.78 is 2.59. The van der Waals surface area contributed by atoms with Crippen molar-refractivity contribution in [3.05, 3.63) is 50.7 Å². The Bertz CT molecular complexity index is 1270. The fourth-order valence-corrected chi connectivity index (χ4v) is 4.12. The van der Waals surface area contributed by atoms with Gasteiger partial charge in [0.25, 0.3) is 5.56 Å². The largest absolute Gasteiger partial charge is 0.342 e. The third-order valence-corrected chi connectivity index (χ3v) is 5.77. The van der Waals surface area contributed by atoms with Gasteiger partial charge in [-0.05, 0) is 24.5 Å². The van der Waals surface area contributed by atoms with Gasteiger partial charge in [-0.15, -0.1) is 0 Å². The van der Waals surface area contributed by atoms with Crippen LogP contribution in [-0.2, 0) is 20.1 Å². The van der Waals surface area contributed by atoms with Gasteiger partial charge in [0.15, 0.2) is 11.2 Å². The van der Waals surface area contributed by atoms with Crippen molar-refractivity contribution in [3.63, 3.8) is 0 Å². The predicted octanol–water partition coefficient (Wildman–Crippen LogP) is 0.375. The molecule has 1 aromatic carbocycles. The molecule has 4 heterocycles. The smallest absolute Gasteiger partial charge is 0.332 e. The summed E-state index contributed by atoms with van der Waals surface area (Å²) in [5.41, 5.74) is 7.92. The Balaban J connectivity index is 1.51. The van der Waals surface area contributed by atoms with Gasteiger partial charge in [0.1, 0.15) is 5.84 Å². The SMILES string of the molecule is Cn1c(=O)n(CC2=NCc3ccccc3N2)c(=O)c2[nH]c(N3CCCC(N)C3)nc21. The van der Waals surface area contributed by atoms with Crippen LogP contribution in [0.25, 0.3) is 11.2 Å². The standard InChI is InChI=1S/C20H24N8O2/c1-26-17-16(24-19(25-17)27-8-4-6-13(21)10-27)18(29)28(20(26)30)11-15-22-9-12-5-2-3-7-14(12)23-15/h2-3,5,7,13H,4,6,8-11,21H2,1H3,(H,22,23)(H,24,25). The Labute approximate surface area is 172 Å². The second kappa shape index (κ2) is 7.13. The molecule has 2 aliphatic heterocycles. The van der Waals surface area contributed by atoms with Gasteiger partial charge in [0.05, 0.1) is 13.1 Å². The zero-order valence-electron chi connectivity index (χ0n) is 16.8. The Morgan fingerprint density at radius 1 is 1.27 bits per heavy atom. The van der Waals surface area contributed by atoms with Crippen LogP contribution in [0.1, 0.15) is 18.4 Å². The first kappa shape index (κ1) is 18.6. The lowest BCUT2D eigenvalue weighted by Crippen LogP contribution is -2.43. The zero-order chi connectivity index (χ0) is 20.8. The number of nitrogens with one attached hydrogen (secondary N) is 2. The number of para-hydroxylation sites is 1. The summed E-state index contributed by atoms with van der Waals surface area (Å²) in [6.07, 6.45) is 1.94. The van der Waals surface area contributed by atoms with Crippen molar-refractivity contribution in [2.45, 2.75) is 32.0 Å². The molecule has 30 heavy (non-hydrogen) atoms. The molecular formula is C20H24N8O2. The van der Waals surface area contributed by atoms with Crippen LogP contribution in [0, 0.1) is 0 Å². The number of hydrogen-bond acceptors (Lipinski definition) is 7. The molecule has 10 heteroatoms. The van der Waals surface area contributed by atoms with Gasteiger partial charge < -0.3 is 20.9 Å². The van der Waals surface area contributed by atoms with E-state index >= 15 is 0 Å². The maximum atomic E-state index is 13.1. The fourth-order valence-electron chi connectivity index (χ4n) is 4.12. The molecule has 0 saturated carbocycles. The van der Waals surface area contributed by atoms with Crippen molar-refractivity contribution >= 4 is 28.6 Å². The molecule has 0 radical (unpaired) electrons. The highest BCUT2D eigenvalue weighted by Gasteiger charge is 2.23. The summed E-state index contributed by atoms with van der Waals surface area (Å²) in [4.78, 5) is 40.2. The van der Waals surface area contributed by atoms with E-state index in [-0.39, 0.29) is 12.6 Å². The second-order valence-corrected chi connectivity index (χ2v) is 7.89. The number of amidine groups is 1. The van der Waals surface area contributed by atoms with Crippen LogP contribution < -0.4 is 27.2 Å². The van der Waals surface area contributed by atoms with Gasteiger partial charge in [0.2, 0.25) is 5.95 Å². The highest BCUT2D eigenvalue weighted by molar-refractivity contribution is 5.97. The number of piperidine rings is 1. The maximum Gasteiger partial charge on any atom is 0.332 e. The summed E-state index contributed by atoms with van der Waals surface area (Å²) in [5.74, 6) is 1.15. The summed E-state index contributed by atoms with van der Waals surface area (Å²) in [6.45, 7) is 2.07. The number of aryl methyl sites for hydroxylation is 1. The number of rotatable bonds is 3. The van der Waals surface area contributed by atoms with Gasteiger partial charge in [-0.25, -0.2) is 4.79 Å². The third kappa shape index (κ3) is 3.09. The minimum atomic E-state index is -0.427. The molecule has 2 aromatic heterocycles. The highest BCUT2D eigenvalue weighted by atomic mass is 16.2. The number of anilines is 2. The van der Waals surface area contributed by atoms with Crippen LogP contribution in [0.4, 0.5) is 11.6 Å². The van der Waals surface area contributed by atoms with Crippen molar-refractivity contribution in [3.8, 4) is 0 Å². The van der Waals surface area contributed by atoms with Crippen molar-refractivity contribution in [1.29, 1.82) is 0 Å². The van der Waals surface area contributed by atoms with E-state index in [2.05, 4.69) is 20.3 Å². The number of aromatic nitrogens is 4. The normalized spacial score (nSPS) is 18.8. The maximum absolute atomic E-state index is 13.1. The van der Waals surface area contributed by atoms with Gasteiger partial charge in [-0.1, -0.05) is 18.2 Å². The number of fused-ring (bicyclic) bond motifs is 2. The molecule has 3 aromatic rings. The molecule has 0 spiro atoms. The van der Waals surface area contributed by atoms with Crippen LogP contribution in [0.2, 0.25) is 0 Å². The van der Waals surface area contributed by atoms with Crippen molar-refractivity contribution in [2.24, 2.45) is 17.8 Å². The third-order valence-electron chi connectivity index (χ3n) is 5.77. The molecule has 1 unspecified atom stereocenters.